The second kappa shape index (κ2) is 7.52. The number of benzene rings is 2. The molecule has 0 heterocycles. The van der Waals surface area contributed by atoms with Crippen molar-refractivity contribution in [2.75, 3.05) is 7.05 Å². The van der Waals surface area contributed by atoms with Gasteiger partial charge in [-0.25, -0.2) is 0 Å². The molecule has 0 saturated carbocycles. The van der Waals surface area contributed by atoms with Crippen LogP contribution in [0.3, 0.4) is 0 Å². The van der Waals surface area contributed by atoms with E-state index in [0.29, 0.717) is 6.54 Å². The molecular weight excluding hydrogens is 298 g/mol. The van der Waals surface area contributed by atoms with Crippen molar-refractivity contribution in [1.82, 2.24) is 4.90 Å². The molecule has 1 amide bonds. The summed E-state index contributed by atoms with van der Waals surface area (Å²) in [5.74, 6) is 0.770. The second-order valence-electron chi connectivity index (χ2n) is 6.64. The van der Waals surface area contributed by atoms with Gasteiger partial charge < -0.3 is 9.64 Å². The maximum atomic E-state index is 12.6. The van der Waals surface area contributed by atoms with Gasteiger partial charge in [0.25, 0.3) is 5.91 Å². The fraction of sp³-hybridized carbons (Fsp3) is 0.381. The van der Waals surface area contributed by atoms with Crippen LogP contribution in [0.4, 0.5) is 0 Å². The van der Waals surface area contributed by atoms with Gasteiger partial charge in [0.15, 0.2) is 6.10 Å². The van der Waals surface area contributed by atoms with Gasteiger partial charge in [-0.05, 0) is 62.9 Å². The zero-order valence-electron chi connectivity index (χ0n) is 15.5. The fourth-order valence-electron chi connectivity index (χ4n) is 2.72. The van der Waals surface area contributed by atoms with E-state index in [1.807, 2.05) is 33.9 Å². The minimum atomic E-state index is -0.514. The summed E-state index contributed by atoms with van der Waals surface area (Å²) in [6.07, 6.45) is -0.514. The minimum absolute atomic E-state index is 0.0193. The Morgan fingerprint density at radius 1 is 1.04 bits per heavy atom. The highest BCUT2D eigenvalue weighted by Gasteiger charge is 2.20. The summed E-state index contributed by atoms with van der Waals surface area (Å²) < 4.78 is 5.96. The molecule has 0 aromatic heterocycles. The van der Waals surface area contributed by atoms with Crippen LogP contribution >= 0.6 is 0 Å². The van der Waals surface area contributed by atoms with E-state index in [1.54, 1.807) is 4.90 Å². The summed E-state index contributed by atoms with van der Waals surface area (Å²) >= 11 is 0. The quantitative estimate of drug-likeness (QED) is 0.818. The first-order chi connectivity index (χ1) is 11.3. The highest BCUT2D eigenvalue weighted by atomic mass is 16.5. The van der Waals surface area contributed by atoms with Crippen molar-refractivity contribution in [2.45, 2.75) is 47.3 Å². The van der Waals surface area contributed by atoms with Crippen molar-refractivity contribution < 1.29 is 9.53 Å². The van der Waals surface area contributed by atoms with Gasteiger partial charge >= 0.3 is 0 Å². The van der Waals surface area contributed by atoms with E-state index < -0.39 is 6.10 Å². The third-order valence-electron chi connectivity index (χ3n) is 4.33. The number of carbonyl (C=O) groups is 1. The van der Waals surface area contributed by atoms with Crippen molar-refractivity contribution in [2.24, 2.45) is 0 Å². The number of hydrogen-bond donors (Lipinski definition) is 0. The molecule has 0 aliphatic heterocycles. The van der Waals surface area contributed by atoms with Crippen molar-refractivity contribution in [3.05, 3.63) is 64.2 Å². The lowest BCUT2D eigenvalue weighted by Gasteiger charge is -2.23. The molecule has 24 heavy (non-hydrogen) atoms. The maximum absolute atomic E-state index is 12.6. The predicted octanol–water partition coefficient (Wildman–Crippen LogP) is 4.35. The van der Waals surface area contributed by atoms with Crippen molar-refractivity contribution in [3.63, 3.8) is 0 Å². The van der Waals surface area contributed by atoms with Gasteiger partial charge in [-0.15, -0.1) is 0 Å². The number of carbonyl (C=O) groups excluding carboxylic acids is 1. The number of amides is 1. The van der Waals surface area contributed by atoms with E-state index in [-0.39, 0.29) is 5.91 Å². The standard InChI is InChI=1S/C21H27NO2/c1-14-7-9-19(10-8-14)13-22(6)21(23)18(5)24-20-12-15(2)11-16(3)17(20)4/h7-12,18H,13H2,1-6H3/t18-/m1/s1. The molecule has 128 valence electrons. The molecule has 2 rings (SSSR count). The lowest BCUT2D eigenvalue weighted by atomic mass is 10.1. The third-order valence-corrected chi connectivity index (χ3v) is 4.33. The summed E-state index contributed by atoms with van der Waals surface area (Å²) in [6, 6.07) is 12.3. The van der Waals surface area contributed by atoms with Gasteiger partial charge in [0, 0.05) is 13.6 Å². The van der Waals surface area contributed by atoms with Gasteiger partial charge in [0.05, 0.1) is 0 Å². The summed E-state index contributed by atoms with van der Waals surface area (Å²) in [4.78, 5) is 14.3. The van der Waals surface area contributed by atoms with E-state index in [2.05, 4.69) is 44.2 Å². The zero-order chi connectivity index (χ0) is 17.9. The Bertz CT molecular complexity index is 719. The molecule has 0 radical (unpaired) electrons. The Kier molecular flexibility index (Phi) is 5.66. The lowest BCUT2D eigenvalue weighted by molar-refractivity contribution is -0.137. The van der Waals surface area contributed by atoms with E-state index >= 15 is 0 Å². The molecule has 1 atom stereocenters. The van der Waals surface area contributed by atoms with Crippen LogP contribution in [-0.4, -0.2) is 24.0 Å². The average Bonchev–Trinajstić information content (AvgIpc) is 2.53. The first kappa shape index (κ1) is 18.1. The molecule has 0 bridgehead atoms. The Labute approximate surface area is 145 Å². The molecule has 0 unspecified atom stereocenters. The monoisotopic (exact) mass is 325 g/mol. The number of ether oxygens (including phenoxy) is 1. The molecule has 3 heteroatoms. The molecule has 0 spiro atoms. The highest BCUT2D eigenvalue weighted by molar-refractivity contribution is 5.80. The molecule has 2 aromatic carbocycles. The maximum Gasteiger partial charge on any atom is 0.263 e. The van der Waals surface area contributed by atoms with Gasteiger partial charge in [0.1, 0.15) is 5.75 Å². The largest absolute Gasteiger partial charge is 0.481 e. The number of nitrogens with zero attached hydrogens (tertiary/aromatic N) is 1. The summed E-state index contributed by atoms with van der Waals surface area (Å²) in [5, 5.41) is 0. The average molecular weight is 325 g/mol. The van der Waals surface area contributed by atoms with E-state index in [4.69, 9.17) is 4.74 Å². The summed E-state index contributed by atoms with van der Waals surface area (Å²) in [5.41, 5.74) is 5.74. The smallest absolute Gasteiger partial charge is 0.263 e. The van der Waals surface area contributed by atoms with Crippen molar-refractivity contribution in [1.29, 1.82) is 0 Å². The van der Waals surface area contributed by atoms with Gasteiger partial charge in [-0.1, -0.05) is 35.9 Å². The van der Waals surface area contributed by atoms with Gasteiger partial charge in [-0.3, -0.25) is 4.79 Å². The molecular formula is C21H27NO2. The Hall–Kier alpha value is -2.29. The predicted molar refractivity (Wildman–Crippen MR) is 98.4 cm³/mol. The van der Waals surface area contributed by atoms with Crippen LogP contribution in [0.5, 0.6) is 5.75 Å². The Balaban J connectivity index is 2.05. The fourth-order valence-corrected chi connectivity index (χ4v) is 2.72. The summed E-state index contributed by atoms with van der Waals surface area (Å²) in [6.45, 7) is 10.6. The van der Waals surface area contributed by atoms with Crippen LogP contribution in [0.2, 0.25) is 0 Å². The van der Waals surface area contributed by atoms with Crippen molar-refractivity contribution >= 4 is 5.91 Å². The summed E-state index contributed by atoms with van der Waals surface area (Å²) in [7, 11) is 1.82. The van der Waals surface area contributed by atoms with Crippen LogP contribution in [0.25, 0.3) is 0 Å². The Morgan fingerprint density at radius 3 is 2.29 bits per heavy atom. The molecule has 2 aromatic rings. The van der Waals surface area contributed by atoms with Gasteiger partial charge in [-0.2, -0.15) is 0 Å². The molecule has 0 aliphatic carbocycles. The van der Waals surface area contributed by atoms with Gasteiger partial charge in [0.2, 0.25) is 0 Å². The number of hydrogen-bond acceptors (Lipinski definition) is 2. The number of aryl methyl sites for hydroxylation is 3. The SMILES string of the molecule is Cc1ccc(CN(C)C(=O)[C@@H](C)Oc2cc(C)cc(C)c2C)cc1. The molecule has 0 N–H and O–H groups in total. The molecule has 0 aliphatic rings. The molecule has 0 saturated heterocycles. The van der Waals surface area contributed by atoms with Crippen molar-refractivity contribution in [3.8, 4) is 5.75 Å². The molecule has 3 nitrogen and oxygen atoms in total. The number of likely N-dealkylation sites (N-methyl/N-ethyl adjacent to an activating group) is 1. The van der Waals surface area contributed by atoms with Crippen LogP contribution in [0, 0.1) is 27.7 Å². The second-order valence-corrected chi connectivity index (χ2v) is 6.64. The zero-order valence-corrected chi connectivity index (χ0v) is 15.5. The van der Waals surface area contributed by atoms with Crippen LogP contribution < -0.4 is 4.74 Å². The first-order valence-corrected chi connectivity index (χ1v) is 8.33. The lowest BCUT2D eigenvalue weighted by Crippen LogP contribution is -2.37. The van der Waals surface area contributed by atoms with Crippen LogP contribution in [-0.2, 0) is 11.3 Å². The first-order valence-electron chi connectivity index (χ1n) is 8.33. The van der Waals surface area contributed by atoms with Crippen LogP contribution in [0.15, 0.2) is 36.4 Å². The topological polar surface area (TPSA) is 29.5 Å². The highest BCUT2D eigenvalue weighted by Crippen LogP contribution is 2.24. The van der Waals surface area contributed by atoms with E-state index in [1.165, 1.54) is 11.1 Å². The van der Waals surface area contributed by atoms with Crippen LogP contribution in [0.1, 0.15) is 34.7 Å². The molecule has 0 fully saturated rings. The minimum Gasteiger partial charge on any atom is -0.481 e. The van der Waals surface area contributed by atoms with E-state index in [0.717, 1.165) is 22.4 Å². The third kappa shape index (κ3) is 4.38. The van der Waals surface area contributed by atoms with E-state index in [9.17, 15) is 4.79 Å². The number of rotatable bonds is 5. The Morgan fingerprint density at radius 2 is 1.67 bits per heavy atom. The normalized spacial score (nSPS) is 11.9.